The van der Waals surface area contributed by atoms with Crippen LogP contribution in [0.4, 0.5) is 4.79 Å². The summed E-state index contributed by atoms with van der Waals surface area (Å²) in [5.41, 5.74) is -0.701. The second-order valence-electron chi connectivity index (χ2n) is 12.2. The van der Waals surface area contributed by atoms with Gasteiger partial charge in [0.25, 0.3) is 0 Å². The fraction of sp³-hybridized carbons (Fsp3) is 0.885. The lowest BCUT2D eigenvalue weighted by molar-refractivity contribution is -0.148. The number of methoxy groups -OCH3 is 1. The van der Waals surface area contributed by atoms with Gasteiger partial charge in [-0.05, 0) is 52.9 Å². The minimum Gasteiger partial charge on any atom is -0.469 e. The summed E-state index contributed by atoms with van der Waals surface area (Å²) >= 11 is 0. The lowest BCUT2D eigenvalue weighted by Gasteiger charge is -2.39. The van der Waals surface area contributed by atoms with Crippen molar-refractivity contribution in [3.05, 3.63) is 0 Å². The zero-order chi connectivity index (χ0) is 29.3. The molecular weight excluding hydrogens is 528 g/mol. The lowest BCUT2D eigenvalue weighted by atomic mass is 9.82. The largest absolute Gasteiger partial charge is 0.469 e. The van der Waals surface area contributed by atoms with Gasteiger partial charge in [-0.1, -0.05) is 19.3 Å². The number of carbonyl (C=O) groups is 3. The molecule has 0 aromatic rings. The Kier molecular flexibility index (Phi) is 9.94. The third-order valence-electron chi connectivity index (χ3n) is 8.28. The predicted octanol–water partition coefficient (Wildman–Crippen LogP) is 1.13. The number of esters is 1. The first-order valence-corrected chi connectivity index (χ1v) is 15.7. The highest BCUT2D eigenvalue weighted by molar-refractivity contribution is 7.88. The van der Waals surface area contributed by atoms with Gasteiger partial charge in [-0.15, -0.1) is 0 Å². The molecule has 0 spiro atoms. The Hall–Kier alpha value is -1.96. The molecule has 0 bridgehead atoms. The van der Waals surface area contributed by atoms with Gasteiger partial charge < -0.3 is 24.4 Å². The molecule has 2 amide bonds. The van der Waals surface area contributed by atoms with Crippen LogP contribution in [0.5, 0.6) is 0 Å². The van der Waals surface area contributed by atoms with Crippen LogP contribution in [0.2, 0.25) is 0 Å². The molecule has 2 N–H and O–H groups in total. The van der Waals surface area contributed by atoms with E-state index in [1.807, 2.05) is 0 Å². The summed E-state index contributed by atoms with van der Waals surface area (Å²) in [5.74, 6) is -1.67. The van der Waals surface area contributed by atoms with E-state index in [1.165, 1.54) is 23.4 Å². The molecule has 12 nitrogen and oxygen atoms in total. The Balaban J connectivity index is 1.85. The van der Waals surface area contributed by atoms with Gasteiger partial charge in [-0.25, -0.2) is 13.2 Å². The highest BCUT2D eigenvalue weighted by atomic mass is 32.2. The van der Waals surface area contributed by atoms with E-state index in [2.05, 4.69) is 5.32 Å². The van der Waals surface area contributed by atoms with Crippen LogP contribution in [0.1, 0.15) is 66.2 Å². The molecule has 1 aliphatic carbocycles. The zero-order valence-corrected chi connectivity index (χ0v) is 25.1. The Morgan fingerprint density at radius 3 is 2.26 bits per heavy atom. The van der Waals surface area contributed by atoms with E-state index in [0.29, 0.717) is 13.0 Å². The number of nitrogens with one attached hydrogen (secondary N) is 1. The number of aliphatic hydroxyl groups is 1. The zero-order valence-electron chi connectivity index (χ0n) is 24.3. The summed E-state index contributed by atoms with van der Waals surface area (Å²) in [5, 5.41) is 14.3. The first-order valence-electron chi connectivity index (χ1n) is 13.8. The van der Waals surface area contributed by atoms with Crippen molar-refractivity contribution < 1.29 is 37.4 Å². The van der Waals surface area contributed by atoms with Crippen molar-refractivity contribution in [3.8, 4) is 0 Å². The van der Waals surface area contributed by atoms with Gasteiger partial charge in [-0.2, -0.15) is 4.31 Å². The Morgan fingerprint density at radius 2 is 1.72 bits per heavy atom. The maximum absolute atomic E-state index is 14.2. The van der Waals surface area contributed by atoms with Crippen LogP contribution in [-0.2, 0) is 29.1 Å². The van der Waals surface area contributed by atoms with Crippen molar-refractivity contribution in [2.24, 2.45) is 11.8 Å². The van der Waals surface area contributed by atoms with Crippen molar-refractivity contribution >= 4 is 28.0 Å². The molecule has 0 aromatic carbocycles. The van der Waals surface area contributed by atoms with E-state index in [4.69, 9.17) is 9.47 Å². The normalized spacial score (nSPS) is 27.0. The molecule has 39 heavy (non-hydrogen) atoms. The number of nitrogens with zero attached hydrogens (tertiary/aromatic N) is 3. The molecule has 3 fully saturated rings. The molecule has 13 heteroatoms. The predicted molar refractivity (Wildman–Crippen MR) is 144 cm³/mol. The Labute approximate surface area is 232 Å². The molecule has 2 saturated heterocycles. The van der Waals surface area contributed by atoms with Gasteiger partial charge in [0.15, 0.2) is 0 Å². The van der Waals surface area contributed by atoms with E-state index >= 15 is 0 Å². The third kappa shape index (κ3) is 7.22. The molecular formula is C26H46N4O8S. The second kappa shape index (κ2) is 12.3. The summed E-state index contributed by atoms with van der Waals surface area (Å²) in [6.45, 7) is 7.21. The number of amides is 2. The van der Waals surface area contributed by atoms with Gasteiger partial charge in [0.05, 0.1) is 37.4 Å². The number of hydrogen-bond acceptors (Lipinski definition) is 9. The van der Waals surface area contributed by atoms with Gasteiger partial charge in [0.1, 0.15) is 11.8 Å². The molecule has 1 unspecified atom stereocenters. The number of fused-ring (bicyclic) bond motifs is 1. The van der Waals surface area contributed by atoms with Crippen molar-refractivity contribution in [1.82, 2.24) is 19.4 Å². The molecule has 2 heterocycles. The highest BCUT2D eigenvalue weighted by Gasteiger charge is 2.56. The fourth-order valence-electron chi connectivity index (χ4n) is 6.13. The lowest BCUT2D eigenvalue weighted by Crippen LogP contribution is -2.60. The SMILES string of the molecule is COC(=O)[C@H]1CN(S(C)(=O)=O)[C@@H]2CCN(C(=O)[C@@H](NC(O)[C@H](C)N(C)C(=O)OC(C)(C)C)C3CCCCC3)[C@H]12. The number of likely N-dealkylation sites (N-methyl/N-ethyl adjacent to an activating group) is 1. The number of rotatable bonds is 8. The molecule has 3 aliphatic rings. The van der Waals surface area contributed by atoms with Crippen LogP contribution in [-0.4, -0.2) is 115 Å². The fourth-order valence-corrected chi connectivity index (χ4v) is 7.28. The number of ether oxygens (including phenoxy) is 2. The molecule has 1 saturated carbocycles. The van der Waals surface area contributed by atoms with Crippen LogP contribution < -0.4 is 5.32 Å². The summed E-state index contributed by atoms with van der Waals surface area (Å²) in [7, 11) is -0.810. The third-order valence-corrected chi connectivity index (χ3v) is 9.55. The average Bonchev–Trinajstić information content (AvgIpc) is 3.45. The standard InChI is InChI=1S/C26H46N4O8S/c1-16(28(5)25(34)38-26(2,3)4)22(31)27-20(17-11-9-8-10-12-17)23(32)29-14-13-19-21(29)18(24(33)37-6)15-30(19)39(7,35)36/h16-22,27,31H,8-15H2,1-7H3/t16-,18-,19+,20-,21+,22?/m0/s1. The second-order valence-corrected chi connectivity index (χ2v) is 14.1. The van der Waals surface area contributed by atoms with E-state index in [1.54, 1.807) is 32.6 Å². The van der Waals surface area contributed by atoms with Crippen molar-refractivity contribution in [1.29, 1.82) is 0 Å². The summed E-state index contributed by atoms with van der Waals surface area (Å²) in [6, 6.07) is -2.63. The van der Waals surface area contributed by atoms with Gasteiger partial charge >= 0.3 is 12.1 Å². The monoisotopic (exact) mass is 574 g/mol. The summed E-state index contributed by atoms with van der Waals surface area (Å²) in [6.07, 6.45) is 4.27. The maximum atomic E-state index is 14.2. The van der Waals surface area contributed by atoms with Crippen LogP contribution >= 0.6 is 0 Å². The number of aliphatic hydroxyl groups excluding tert-OH is 1. The van der Waals surface area contributed by atoms with Gasteiger partial charge in [-0.3, -0.25) is 14.9 Å². The number of likely N-dealkylation sites (tertiary alicyclic amines) is 1. The number of carbonyl (C=O) groups excluding carboxylic acids is 3. The van der Waals surface area contributed by atoms with Gasteiger partial charge in [0.2, 0.25) is 15.9 Å². The van der Waals surface area contributed by atoms with Crippen molar-refractivity contribution in [2.45, 2.75) is 102 Å². The van der Waals surface area contributed by atoms with Crippen LogP contribution in [0, 0.1) is 11.8 Å². The Morgan fingerprint density at radius 1 is 1.10 bits per heavy atom. The molecule has 224 valence electrons. The molecule has 2 aliphatic heterocycles. The first-order chi connectivity index (χ1) is 18.1. The first kappa shape index (κ1) is 31.6. The molecule has 3 rings (SSSR count). The van der Waals surface area contributed by atoms with E-state index in [0.717, 1.165) is 38.4 Å². The number of hydrogen-bond donors (Lipinski definition) is 2. The average molecular weight is 575 g/mol. The molecule has 0 aromatic heterocycles. The van der Waals surface area contributed by atoms with Crippen LogP contribution in [0.15, 0.2) is 0 Å². The number of sulfonamides is 1. The Bertz CT molecular complexity index is 1010. The molecule has 6 atom stereocenters. The quantitative estimate of drug-likeness (QED) is 0.322. The summed E-state index contributed by atoms with van der Waals surface area (Å²) in [4.78, 5) is 42.4. The van der Waals surface area contributed by atoms with E-state index in [9.17, 15) is 27.9 Å². The topological polar surface area (TPSA) is 146 Å². The van der Waals surface area contributed by atoms with E-state index in [-0.39, 0.29) is 18.4 Å². The van der Waals surface area contributed by atoms with Crippen LogP contribution in [0.25, 0.3) is 0 Å². The minimum absolute atomic E-state index is 0.0352. The van der Waals surface area contributed by atoms with Crippen LogP contribution in [0.3, 0.4) is 0 Å². The van der Waals surface area contributed by atoms with Crippen molar-refractivity contribution in [2.75, 3.05) is 33.5 Å². The minimum atomic E-state index is -3.60. The molecule has 0 radical (unpaired) electrons. The maximum Gasteiger partial charge on any atom is 0.410 e. The summed E-state index contributed by atoms with van der Waals surface area (Å²) < 4.78 is 36.7. The smallest absolute Gasteiger partial charge is 0.410 e. The van der Waals surface area contributed by atoms with Crippen molar-refractivity contribution in [3.63, 3.8) is 0 Å². The van der Waals surface area contributed by atoms with E-state index < -0.39 is 64.0 Å². The van der Waals surface area contributed by atoms with Gasteiger partial charge in [0, 0.05) is 26.2 Å². The highest BCUT2D eigenvalue weighted by Crippen LogP contribution is 2.39.